The molecular formula is C26H26O6. The number of aryl methyl sites for hydroxylation is 1. The standard InChI is InChI=1S/C26H26O6/c27-23(25(28)29)24(26(30)32-18-20-10-3-1-4-11-20)31-16-8-2-5-9-19-14-15-21-12-6-7-13-22(21)17-19/h1-4,6-8,10-15,17,23-24,27H,5,9,16,18H2,(H,28,29)/b8-2+/t23-,24-/m1/s1. The first kappa shape index (κ1) is 23.2. The summed E-state index contributed by atoms with van der Waals surface area (Å²) in [6.45, 7) is -0.0549. The number of hydrogen-bond acceptors (Lipinski definition) is 5. The quantitative estimate of drug-likeness (QED) is 0.351. The van der Waals surface area contributed by atoms with E-state index in [1.807, 2.05) is 24.3 Å². The third kappa shape index (κ3) is 6.77. The van der Waals surface area contributed by atoms with Crippen molar-refractivity contribution in [2.24, 2.45) is 0 Å². The fourth-order valence-corrected chi connectivity index (χ4v) is 3.22. The normalized spacial score (nSPS) is 13.2. The molecule has 6 nitrogen and oxygen atoms in total. The Morgan fingerprint density at radius 3 is 2.34 bits per heavy atom. The van der Waals surface area contributed by atoms with Gasteiger partial charge in [-0.2, -0.15) is 0 Å². The van der Waals surface area contributed by atoms with Crippen molar-refractivity contribution in [3.05, 3.63) is 96.1 Å². The van der Waals surface area contributed by atoms with Crippen LogP contribution in [0.4, 0.5) is 0 Å². The van der Waals surface area contributed by atoms with Crippen LogP contribution in [0.3, 0.4) is 0 Å². The van der Waals surface area contributed by atoms with Gasteiger partial charge in [0, 0.05) is 0 Å². The lowest BCUT2D eigenvalue weighted by molar-refractivity contribution is -0.175. The number of fused-ring (bicyclic) bond motifs is 1. The van der Waals surface area contributed by atoms with Gasteiger partial charge < -0.3 is 19.7 Å². The molecule has 0 spiro atoms. The second-order valence-electron chi connectivity index (χ2n) is 7.32. The summed E-state index contributed by atoms with van der Waals surface area (Å²) in [5, 5.41) is 21.3. The van der Waals surface area contributed by atoms with Gasteiger partial charge in [-0.15, -0.1) is 0 Å². The second-order valence-corrected chi connectivity index (χ2v) is 7.32. The number of hydrogen-bond donors (Lipinski definition) is 2. The van der Waals surface area contributed by atoms with Crippen LogP contribution in [0.5, 0.6) is 0 Å². The Balaban J connectivity index is 1.48. The summed E-state index contributed by atoms with van der Waals surface area (Å²) in [5.41, 5.74) is 1.95. The van der Waals surface area contributed by atoms with Gasteiger partial charge in [0.25, 0.3) is 0 Å². The topological polar surface area (TPSA) is 93.1 Å². The zero-order chi connectivity index (χ0) is 22.8. The number of carboxylic acid groups (broad SMARTS) is 1. The number of carboxylic acids is 1. The fourth-order valence-electron chi connectivity index (χ4n) is 3.22. The maximum absolute atomic E-state index is 12.3. The molecule has 0 radical (unpaired) electrons. The Morgan fingerprint density at radius 1 is 0.875 bits per heavy atom. The van der Waals surface area contributed by atoms with Crippen molar-refractivity contribution in [2.45, 2.75) is 31.7 Å². The maximum atomic E-state index is 12.3. The highest BCUT2D eigenvalue weighted by atomic mass is 16.6. The van der Waals surface area contributed by atoms with Crippen molar-refractivity contribution in [3.8, 4) is 0 Å². The van der Waals surface area contributed by atoms with Gasteiger partial charge in [0.2, 0.25) is 0 Å². The van der Waals surface area contributed by atoms with E-state index in [1.54, 1.807) is 30.3 Å². The summed E-state index contributed by atoms with van der Waals surface area (Å²) in [7, 11) is 0. The lowest BCUT2D eigenvalue weighted by atomic mass is 10.0. The minimum absolute atomic E-state index is 0.0207. The molecule has 3 aromatic rings. The number of rotatable bonds is 11. The molecule has 0 unspecified atom stereocenters. The summed E-state index contributed by atoms with van der Waals surface area (Å²) >= 11 is 0. The van der Waals surface area contributed by atoms with Crippen LogP contribution in [0.25, 0.3) is 10.8 Å². The molecule has 0 saturated heterocycles. The molecule has 2 atom stereocenters. The van der Waals surface area contributed by atoms with Gasteiger partial charge in [0.05, 0.1) is 6.61 Å². The van der Waals surface area contributed by atoms with Crippen LogP contribution in [0, 0.1) is 0 Å². The zero-order valence-corrected chi connectivity index (χ0v) is 17.6. The number of aliphatic hydroxyl groups excluding tert-OH is 1. The second kappa shape index (κ2) is 11.8. The Hall–Kier alpha value is -3.48. The number of aliphatic carboxylic acids is 1. The molecule has 0 amide bonds. The highest BCUT2D eigenvalue weighted by Crippen LogP contribution is 2.16. The van der Waals surface area contributed by atoms with E-state index >= 15 is 0 Å². The van der Waals surface area contributed by atoms with E-state index in [2.05, 4.69) is 30.3 Å². The van der Waals surface area contributed by atoms with E-state index in [0.717, 1.165) is 18.4 Å². The molecular weight excluding hydrogens is 408 g/mol. The maximum Gasteiger partial charge on any atom is 0.338 e. The van der Waals surface area contributed by atoms with Crippen LogP contribution in [0.2, 0.25) is 0 Å². The molecule has 0 fully saturated rings. The molecule has 0 aliphatic carbocycles. The predicted octanol–water partition coefficient (Wildman–Crippen LogP) is 3.90. The van der Waals surface area contributed by atoms with Crippen molar-refractivity contribution < 1.29 is 29.3 Å². The van der Waals surface area contributed by atoms with Crippen LogP contribution in [-0.4, -0.2) is 41.0 Å². The first-order chi connectivity index (χ1) is 15.5. The number of aliphatic hydroxyl groups is 1. The first-order valence-electron chi connectivity index (χ1n) is 10.4. The van der Waals surface area contributed by atoms with Gasteiger partial charge in [-0.3, -0.25) is 0 Å². The molecule has 0 heterocycles. The van der Waals surface area contributed by atoms with Gasteiger partial charge in [-0.05, 0) is 34.7 Å². The molecule has 0 aliphatic heterocycles. The Kier molecular flexibility index (Phi) is 8.54. The third-order valence-corrected chi connectivity index (χ3v) is 4.95. The van der Waals surface area contributed by atoms with E-state index in [0.29, 0.717) is 0 Å². The fraction of sp³-hybridized carbons (Fsp3) is 0.231. The van der Waals surface area contributed by atoms with Gasteiger partial charge >= 0.3 is 11.9 Å². The van der Waals surface area contributed by atoms with Crippen LogP contribution in [0.15, 0.2) is 84.9 Å². The van der Waals surface area contributed by atoms with E-state index in [4.69, 9.17) is 14.6 Å². The first-order valence-corrected chi connectivity index (χ1v) is 10.4. The monoisotopic (exact) mass is 434 g/mol. The van der Waals surface area contributed by atoms with Crippen molar-refractivity contribution in [3.63, 3.8) is 0 Å². The average Bonchev–Trinajstić information content (AvgIpc) is 2.82. The predicted molar refractivity (Wildman–Crippen MR) is 121 cm³/mol. The van der Waals surface area contributed by atoms with E-state index < -0.39 is 24.1 Å². The molecule has 6 heteroatoms. The van der Waals surface area contributed by atoms with Crippen molar-refractivity contribution in [1.29, 1.82) is 0 Å². The average molecular weight is 434 g/mol. The van der Waals surface area contributed by atoms with Crippen molar-refractivity contribution in [2.75, 3.05) is 6.61 Å². The van der Waals surface area contributed by atoms with Crippen LogP contribution < -0.4 is 0 Å². The van der Waals surface area contributed by atoms with E-state index in [1.165, 1.54) is 16.3 Å². The number of ether oxygens (including phenoxy) is 2. The summed E-state index contributed by atoms with van der Waals surface area (Å²) in [5.74, 6) is -2.47. The van der Waals surface area contributed by atoms with Gasteiger partial charge in [0.1, 0.15) is 6.61 Å². The Morgan fingerprint density at radius 2 is 1.59 bits per heavy atom. The lowest BCUT2D eigenvalue weighted by Crippen LogP contribution is -2.42. The SMILES string of the molecule is O=C(O)[C@H](O)[C@@H](OC/C=C/CCc1ccc2ccccc2c1)C(=O)OCc1ccccc1. The van der Waals surface area contributed by atoms with Crippen molar-refractivity contribution in [1.82, 2.24) is 0 Å². The summed E-state index contributed by atoms with van der Waals surface area (Å²) in [6, 6.07) is 23.5. The molecule has 0 saturated carbocycles. The minimum Gasteiger partial charge on any atom is -0.479 e. The summed E-state index contributed by atoms with van der Waals surface area (Å²) in [4.78, 5) is 23.4. The number of esters is 1. The van der Waals surface area contributed by atoms with Crippen LogP contribution in [-0.2, 0) is 32.1 Å². The summed E-state index contributed by atoms with van der Waals surface area (Å²) in [6.07, 6.45) is 1.57. The third-order valence-electron chi connectivity index (χ3n) is 4.95. The molecule has 0 bridgehead atoms. The molecule has 2 N–H and O–H groups in total. The number of carbonyl (C=O) groups is 2. The van der Waals surface area contributed by atoms with Crippen LogP contribution >= 0.6 is 0 Å². The Labute approximate surface area is 186 Å². The molecule has 3 rings (SSSR count). The highest BCUT2D eigenvalue weighted by Gasteiger charge is 2.34. The van der Waals surface area contributed by atoms with Gasteiger partial charge in [-0.1, -0.05) is 84.9 Å². The number of carbonyl (C=O) groups excluding carboxylic acids is 1. The molecule has 32 heavy (non-hydrogen) atoms. The minimum atomic E-state index is -2.01. The van der Waals surface area contributed by atoms with Gasteiger partial charge in [-0.25, -0.2) is 9.59 Å². The number of allylic oxidation sites excluding steroid dienone is 1. The van der Waals surface area contributed by atoms with E-state index in [9.17, 15) is 14.7 Å². The Bertz CT molecular complexity index is 1060. The molecule has 0 aliphatic rings. The summed E-state index contributed by atoms with van der Waals surface area (Å²) < 4.78 is 10.5. The number of benzene rings is 3. The largest absolute Gasteiger partial charge is 0.479 e. The van der Waals surface area contributed by atoms with Crippen molar-refractivity contribution >= 4 is 22.7 Å². The highest BCUT2D eigenvalue weighted by molar-refractivity contribution is 5.84. The molecule has 166 valence electrons. The smallest absolute Gasteiger partial charge is 0.338 e. The molecule has 0 aromatic heterocycles. The van der Waals surface area contributed by atoms with Gasteiger partial charge in [0.15, 0.2) is 12.2 Å². The lowest BCUT2D eigenvalue weighted by Gasteiger charge is -2.18. The molecule has 3 aromatic carbocycles. The van der Waals surface area contributed by atoms with Crippen LogP contribution in [0.1, 0.15) is 17.5 Å². The van der Waals surface area contributed by atoms with E-state index in [-0.39, 0.29) is 13.2 Å². The zero-order valence-electron chi connectivity index (χ0n) is 17.6.